The zero-order valence-electron chi connectivity index (χ0n) is 18.1. The lowest BCUT2D eigenvalue weighted by Crippen LogP contribution is -2.46. The third kappa shape index (κ3) is 4.08. The van der Waals surface area contributed by atoms with Crippen LogP contribution < -0.4 is 5.32 Å². The first-order valence-electron chi connectivity index (χ1n) is 9.96. The number of amides is 4. The maximum absolute atomic E-state index is 13.1. The fourth-order valence-corrected chi connectivity index (χ4v) is 5.65. The molecular weight excluding hydrogens is 406 g/mol. The minimum atomic E-state index is -3.15. The van der Waals surface area contributed by atoms with Gasteiger partial charge in [0.15, 0.2) is 9.84 Å². The second-order valence-electron chi connectivity index (χ2n) is 9.34. The number of carbonyl (C=O) groups is 3. The van der Waals surface area contributed by atoms with Crippen molar-refractivity contribution < 1.29 is 22.8 Å². The van der Waals surface area contributed by atoms with E-state index in [9.17, 15) is 22.8 Å². The Balaban J connectivity index is 1.75. The van der Waals surface area contributed by atoms with Crippen LogP contribution in [-0.2, 0) is 30.4 Å². The van der Waals surface area contributed by atoms with Crippen LogP contribution in [0.15, 0.2) is 24.3 Å². The van der Waals surface area contributed by atoms with Gasteiger partial charge in [0.25, 0.3) is 5.91 Å². The average Bonchev–Trinajstić information content (AvgIpc) is 3.12. The van der Waals surface area contributed by atoms with Gasteiger partial charge in [-0.2, -0.15) is 0 Å². The molecule has 0 radical (unpaired) electrons. The Morgan fingerprint density at radius 2 is 1.83 bits per heavy atom. The first-order chi connectivity index (χ1) is 13.7. The highest BCUT2D eigenvalue weighted by Gasteiger charge is 2.50. The first kappa shape index (κ1) is 22.3. The molecule has 2 atom stereocenters. The maximum Gasteiger partial charge on any atom is 0.325 e. The molecule has 4 amide bonds. The Morgan fingerprint density at radius 3 is 2.33 bits per heavy atom. The van der Waals surface area contributed by atoms with Gasteiger partial charge in [-0.3, -0.25) is 14.5 Å². The lowest BCUT2D eigenvalue weighted by Gasteiger charge is -2.26. The second kappa shape index (κ2) is 7.37. The molecule has 0 saturated carbocycles. The van der Waals surface area contributed by atoms with Gasteiger partial charge in [-0.05, 0) is 29.9 Å². The quantitative estimate of drug-likeness (QED) is 0.720. The highest BCUT2D eigenvalue weighted by molar-refractivity contribution is 7.91. The molecule has 30 heavy (non-hydrogen) atoms. The molecule has 1 aromatic rings. The van der Waals surface area contributed by atoms with E-state index >= 15 is 0 Å². The van der Waals surface area contributed by atoms with Gasteiger partial charge in [0.2, 0.25) is 5.91 Å². The highest BCUT2D eigenvalue weighted by atomic mass is 32.2. The predicted molar refractivity (Wildman–Crippen MR) is 113 cm³/mol. The van der Waals surface area contributed by atoms with E-state index in [4.69, 9.17) is 0 Å². The summed E-state index contributed by atoms with van der Waals surface area (Å²) in [5, 5.41) is 2.70. The summed E-state index contributed by atoms with van der Waals surface area (Å²) in [6, 6.07) is 6.44. The summed E-state index contributed by atoms with van der Waals surface area (Å²) in [7, 11) is -1.63. The smallest absolute Gasteiger partial charge is 0.325 e. The molecule has 2 aliphatic heterocycles. The van der Waals surface area contributed by atoms with Crippen molar-refractivity contribution in [2.24, 2.45) is 0 Å². The van der Waals surface area contributed by atoms with Crippen molar-refractivity contribution in [3.63, 3.8) is 0 Å². The standard InChI is InChI=1S/C21H29N3O5S/c1-20(2,3)14-6-8-15(9-7-14)21(4)18(26)24(19(27)22-21)12-17(25)23(5)16-10-11-30(28,29)13-16/h6-9,16H,10-13H2,1-5H3,(H,22,27)/t16-,21-/m1/s1. The molecule has 1 N–H and O–H groups in total. The van der Waals surface area contributed by atoms with Gasteiger partial charge in [-0.15, -0.1) is 0 Å². The molecule has 2 heterocycles. The lowest BCUT2D eigenvalue weighted by molar-refractivity contribution is -0.139. The number of nitrogens with one attached hydrogen (secondary N) is 1. The number of likely N-dealkylation sites (N-methyl/N-ethyl adjacent to an activating group) is 1. The minimum Gasteiger partial charge on any atom is -0.340 e. The summed E-state index contributed by atoms with van der Waals surface area (Å²) in [6.45, 7) is 7.47. The summed E-state index contributed by atoms with van der Waals surface area (Å²) in [6.07, 6.45) is 0.364. The number of nitrogens with zero attached hydrogens (tertiary/aromatic N) is 2. The molecule has 2 aliphatic rings. The zero-order chi connectivity index (χ0) is 22.5. The van der Waals surface area contributed by atoms with E-state index in [1.54, 1.807) is 6.92 Å². The van der Waals surface area contributed by atoms with Gasteiger partial charge in [-0.25, -0.2) is 13.2 Å². The zero-order valence-corrected chi connectivity index (χ0v) is 18.9. The second-order valence-corrected chi connectivity index (χ2v) is 11.6. The molecule has 0 spiro atoms. The van der Waals surface area contributed by atoms with Crippen molar-refractivity contribution in [2.45, 2.75) is 51.1 Å². The topological polar surface area (TPSA) is 104 Å². The lowest BCUT2D eigenvalue weighted by atomic mass is 9.84. The Bertz CT molecular complexity index is 981. The fraction of sp³-hybridized carbons (Fsp3) is 0.571. The van der Waals surface area contributed by atoms with Gasteiger partial charge in [0, 0.05) is 13.1 Å². The molecule has 9 heteroatoms. The van der Waals surface area contributed by atoms with E-state index in [0.29, 0.717) is 12.0 Å². The summed E-state index contributed by atoms with van der Waals surface area (Å²) in [4.78, 5) is 40.5. The third-order valence-electron chi connectivity index (χ3n) is 6.05. The summed E-state index contributed by atoms with van der Waals surface area (Å²) in [5.74, 6) is -1.02. The largest absolute Gasteiger partial charge is 0.340 e. The Hall–Kier alpha value is -2.42. The van der Waals surface area contributed by atoms with Gasteiger partial charge >= 0.3 is 6.03 Å². The Labute approximate surface area is 177 Å². The monoisotopic (exact) mass is 435 g/mol. The molecular formula is C21H29N3O5S. The molecule has 8 nitrogen and oxygen atoms in total. The Morgan fingerprint density at radius 1 is 1.23 bits per heavy atom. The number of rotatable bonds is 4. The van der Waals surface area contributed by atoms with Crippen LogP contribution in [0.3, 0.4) is 0 Å². The van der Waals surface area contributed by atoms with Gasteiger partial charge in [0.05, 0.1) is 11.5 Å². The van der Waals surface area contributed by atoms with Crippen molar-refractivity contribution >= 4 is 27.7 Å². The summed E-state index contributed by atoms with van der Waals surface area (Å²) in [5.41, 5.74) is 0.438. The number of benzene rings is 1. The molecule has 0 aromatic heterocycles. The van der Waals surface area contributed by atoms with Gasteiger partial charge in [-0.1, -0.05) is 45.0 Å². The minimum absolute atomic E-state index is 0.0425. The number of sulfone groups is 1. The number of urea groups is 1. The van der Waals surface area contributed by atoms with Crippen LogP contribution >= 0.6 is 0 Å². The molecule has 164 valence electrons. The van der Waals surface area contributed by atoms with E-state index in [1.165, 1.54) is 11.9 Å². The molecule has 0 unspecified atom stereocenters. The van der Waals surface area contributed by atoms with E-state index in [-0.39, 0.29) is 16.9 Å². The van der Waals surface area contributed by atoms with E-state index < -0.39 is 45.8 Å². The highest BCUT2D eigenvalue weighted by Crippen LogP contribution is 2.31. The molecule has 2 fully saturated rings. The molecule has 0 aliphatic carbocycles. The normalized spacial score (nSPS) is 26.0. The fourth-order valence-electron chi connectivity index (χ4n) is 3.87. The Kier molecular flexibility index (Phi) is 5.47. The van der Waals surface area contributed by atoms with Crippen molar-refractivity contribution in [2.75, 3.05) is 25.1 Å². The number of hydrogen-bond acceptors (Lipinski definition) is 5. The predicted octanol–water partition coefficient (Wildman–Crippen LogP) is 1.40. The summed E-state index contributed by atoms with van der Waals surface area (Å²) < 4.78 is 23.4. The van der Waals surface area contributed by atoms with Crippen LogP contribution in [0.2, 0.25) is 0 Å². The van der Waals surface area contributed by atoms with Crippen LogP contribution in [0.5, 0.6) is 0 Å². The van der Waals surface area contributed by atoms with E-state index in [1.807, 2.05) is 24.3 Å². The van der Waals surface area contributed by atoms with Gasteiger partial charge in [0.1, 0.15) is 12.1 Å². The van der Waals surface area contributed by atoms with Crippen LogP contribution in [-0.4, -0.2) is 67.2 Å². The van der Waals surface area contributed by atoms with Crippen LogP contribution in [0, 0.1) is 0 Å². The van der Waals surface area contributed by atoms with Crippen LogP contribution in [0.1, 0.15) is 45.2 Å². The first-order valence-corrected chi connectivity index (χ1v) is 11.8. The molecule has 2 saturated heterocycles. The molecule has 1 aromatic carbocycles. The SMILES string of the molecule is CN(C(=O)CN1C(=O)N[C@](C)(c2ccc(C(C)(C)C)cc2)C1=O)[C@@H]1CCS(=O)(=O)C1. The van der Waals surface area contributed by atoms with E-state index in [0.717, 1.165) is 10.5 Å². The van der Waals surface area contributed by atoms with Crippen LogP contribution in [0.25, 0.3) is 0 Å². The number of carbonyl (C=O) groups excluding carboxylic acids is 3. The van der Waals surface area contributed by atoms with Crippen molar-refractivity contribution in [1.82, 2.24) is 15.1 Å². The van der Waals surface area contributed by atoms with Gasteiger partial charge < -0.3 is 10.2 Å². The van der Waals surface area contributed by atoms with Crippen molar-refractivity contribution in [3.8, 4) is 0 Å². The molecule has 0 bridgehead atoms. The third-order valence-corrected chi connectivity index (χ3v) is 7.80. The van der Waals surface area contributed by atoms with Crippen LogP contribution in [0.4, 0.5) is 4.79 Å². The average molecular weight is 436 g/mol. The maximum atomic E-state index is 13.1. The molecule has 3 rings (SSSR count). The summed E-state index contributed by atoms with van der Waals surface area (Å²) >= 11 is 0. The van der Waals surface area contributed by atoms with E-state index in [2.05, 4.69) is 26.1 Å². The van der Waals surface area contributed by atoms with Crippen molar-refractivity contribution in [3.05, 3.63) is 35.4 Å². The van der Waals surface area contributed by atoms with Crippen molar-refractivity contribution in [1.29, 1.82) is 0 Å². The number of imide groups is 1. The number of hydrogen-bond donors (Lipinski definition) is 1.